The molecule has 1 aliphatic carbocycles. The van der Waals surface area contributed by atoms with Gasteiger partial charge in [0, 0.05) is 25.1 Å². The zero-order chi connectivity index (χ0) is 14.3. The van der Waals surface area contributed by atoms with E-state index < -0.39 is 0 Å². The summed E-state index contributed by atoms with van der Waals surface area (Å²) in [7, 11) is 2.05. The van der Waals surface area contributed by atoms with Crippen molar-refractivity contribution in [3.05, 3.63) is 32.2 Å². The molecule has 3 rings (SSSR count). The van der Waals surface area contributed by atoms with E-state index in [2.05, 4.69) is 44.3 Å². The Morgan fingerprint density at radius 3 is 2.80 bits per heavy atom. The van der Waals surface area contributed by atoms with Crippen LogP contribution in [-0.2, 0) is 6.54 Å². The maximum absolute atomic E-state index is 6.04. The minimum atomic E-state index is 0.514. The van der Waals surface area contributed by atoms with Crippen molar-refractivity contribution in [1.82, 2.24) is 9.97 Å². The summed E-state index contributed by atoms with van der Waals surface area (Å²) in [6.07, 6.45) is 2.37. The topological polar surface area (TPSA) is 55.0 Å². The molecule has 2 N–H and O–H groups in total. The molecule has 0 atom stereocenters. The van der Waals surface area contributed by atoms with Crippen LogP contribution in [0.3, 0.4) is 0 Å². The van der Waals surface area contributed by atoms with Crippen molar-refractivity contribution in [1.29, 1.82) is 0 Å². The fraction of sp³-hybridized carbons (Fsp3) is 0.429. The van der Waals surface area contributed by atoms with Crippen LogP contribution in [0.1, 0.15) is 35.7 Å². The van der Waals surface area contributed by atoms with Gasteiger partial charge < -0.3 is 10.6 Å². The highest BCUT2D eigenvalue weighted by atomic mass is 79.9. The molecule has 2 heterocycles. The Morgan fingerprint density at radius 2 is 2.20 bits per heavy atom. The van der Waals surface area contributed by atoms with Gasteiger partial charge in [-0.15, -0.1) is 11.3 Å². The standard InChI is InChI=1S/C14H17BrN4S/c1-8-12(16)17-13(10-3-4-10)18-14(8)19(2)6-9-5-11(15)20-7-9/h5,7,10H,3-4,6H2,1-2H3,(H2,16,17,18). The van der Waals surface area contributed by atoms with Gasteiger partial charge in [0.15, 0.2) is 0 Å². The van der Waals surface area contributed by atoms with E-state index in [1.54, 1.807) is 11.3 Å². The molecule has 0 spiro atoms. The molecule has 2 aromatic rings. The van der Waals surface area contributed by atoms with Gasteiger partial charge in [-0.1, -0.05) is 0 Å². The lowest BCUT2D eigenvalue weighted by Crippen LogP contribution is -2.20. The molecule has 1 aliphatic rings. The number of aromatic nitrogens is 2. The molecule has 6 heteroatoms. The number of anilines is 2. The molecule has 0 unspecified atom stereocenters. The Kier molecular flexibility index (Phi) is 3.69. The zero-order valence-corrected chi connectivity index (χ0v) is 14.0. The lowest BCUT2D eigenvalue weighted by Gasteiger charge is -2.21. The van der Waals surface area contributed by atoms with E-state index in [4.69, 9.17) is 10.7 Å². The number of halogens is 1. The summed E-state index contributed by atoms with van der Waals surface area (Å²) in [5.41, 5.74) is 8.28. The second kappa shape index (κ2) is 5.33. The Hall–Kier alpha value is -1.14. The van der Waals surface area contributed by atoms with Crippen LogP contribution in [0, 0.1) is 6.92 Å². The molecule has 0 bridgehead atoms. The number of nitrogens with zero attached hydrogens (tertiary/aromatic N) is 3. The summed E-state index contributed by atoms with van der Waals surface area (Å²) >= 11 is 5.20. The molecule has 0 aromatic carbocycles. The second-order valence-electron chi connectivity index (χ2n) is 5.31. The van der Waals surface area contributed by atoms with Gasteiger partial charge in [-0.3, -0.25) is 0 Å². The number of nitrogen functional groups attached to an aromatic ring is 1. The highest BCUT2D eigenvalue weighted by Gasteiger charge is 2.28. The molecule has 1 fully saturated rings. The zero-order valence-electron chi connectivity index (χ0n) is 11.6. The van der Waals surface area contributed by atoms with Crippen molar-refractivity contribution in [2.24, 2.45) is 0 Å². The number of hydrogen-bond acceptors (Lipinski definition) is 5. The first-order valence-corrected chi connectivity index (χ1v) is 8.30. The SMILES string of the molecule is Cc1c(N)nc(C2CC2)nc1N(C)Cc1csc(Br)c1. The predicted molar refractivity (Wildman–Crippen MR) is 87.3 cm³/mol. The lowest BCUT2D eigenvalue weighted by molar-refractivity contribution is 0.849. The summed E-state index contributed by atoms with van der Waals surface area (Å²) in [5.74, 6) is 2.97. The number of hydrogen-bond donors (Lipinski definition) is 1. The van der Waals surface area contributed by atoms with E-state index in [1.807, 2.05) is 6.92 Å². The van der Waals surface area contributed by atoms with E-state index in [-0.39, 0.29) is 0 Å². The molecule has 20 heavy (non-hydrogen) atoms. The minimum absolute atomic E-state index is 0.514. The first kappa shape index (κ1) is 13.8. The fourth-order valence-corrected chi connectivity index (χ4v) is 3.41. The molecule has 0 radical (unpaired) electrons. The Balaban J connectivity index is 1.87. The maximum Gasteiger partial charge on any atom is 0.137 e. The number of rotatable bonds is 4. The van der Waals surface area contributed by atoms with Crippen molar-refractivity contribution < 1.29 is 0 Å². The minimum Gasteiger partial charge on any atom is -0.383 e. The van der Waals surface area contributed by atoms with Gasteiger partial charge >= 0.3 is 0 Å². The van der Waals surface area contributed by atoms with Gasteiger partial charge in [0.05, 0.1) is 3.79 Å². The predicted octanol–water partition coefficient (Wildman–Crippen LogP) is 3.71. The number of thiophene rings is 1. The molecule has 0 aliphatic heterocycles. The van der Waals surface area contributed by atoms with Crippen molar-refractivity contribution in [3.63, 3.8) is 0 Å². The molecule has 0 saturated heterocycles. The lowest BCUT2D eigenvalue weighted by atomic mass is 10.2. The highest BCUT2D eigenvalue weighted by molar-refractivity contribution is 9.11. The van der Waals surface area contributed by atoms with Crippen molar-refractivity contribution in [2.45, 2.75) is 32.2 Å². The molecule has 4 nitrogen and oxygen atoms in total. The molecule has 2 aromatic heterocycles. The smallest absolute Gasteiger partial charge is 0.137 e. The van der Waals surface area contributed by atoms with Crippen LogP contribution < -0.4 is 10.6 Å². The van der Waals surface area contributed by atoms with E-state index in [1.165, 1.54) is 18.4 Å². The Morgan fingerprint density at radius 1 is 1.45 bits per heavy atom. The summed E-state index contributed by atoms with van der Waals surface area (Å²) in [6, 6.07) is 2.14. The summed E-state index contributed by atoms with van der Waals surface area (Å²) in [4.78, 5) is 11.3. The average molecular weight is 353 g/mol. The first-order chi connectivity index (χ1) is 9.54. The third-order valence-electron chi connectivity index (χ3n) is 3.52. The van der Waals surface area contributed by atoms with Crippen LogP contribution in [0.15, 0.2) is 15.2 Å². The van der Waals surface area contributed by atoms with Crippen molar-refractivity contribution in [3.8, 4) is 0 Å². The van der Waals surface area contributed by atoms with Gasteiger partial charge in [-0.25, -0.2) is 9.97 Å². The van der Waals surface area contributed by atoms with Gasteiger partial charge in [0.1, 0.15) is 17.5 Å². The second-order valence-corrected chi connectivity index (χ2v) is 7.60. The highest BCUT2D eigenvalue weighted by Crippen LogP contribution is 2.39. The van der Waals surface area contributed by atoms with E-state index in [9.17, 15) is 0 Å². The van der Waals surface area contributed by atoms with E-state index in [0.717, 1.165) is 27.5 Å². The van der Waals surface area contributed by atoms with Crippen LogP contribution in [0.4, 0.5) is 11.6 Å². The summed E-state index contributed by atoms with van der Waals surface area (Å²) in [6.45, 7) is 2.81. The normalized spacial score (nSPS) is 14.6. The summed E-state index contributed by atoms with van der Waals surface area (Å²) in [5, 5.41) is 2.16. The van der Waals surface area contributed by atoms with Crippen LogP contribution in [0.2, 0.25) is 0 Å². The largest absolute Gasteiger partial charge is 0.383 e. The molecule has 106 valence electrons. The van der Waals surface area contributed by atoms with Crippen molar-refractivity contribution in [2.75, 3.05) is 17.7 Å². The first-order valence-electron chi connectivity index (χ1n) is 6.62. The van der Waals surface area contributed by atoms with Crippen LogP contribution in [0.5, 0.6) is 0 Å². The van der Waals surface area contributed by atoms with Crippen LogP contribution >= 0.6 is 27.3 Å². The van der Waals surface area contributed by atoms with Gasteiger partial charge in [-0.2, -0.15) is 0 Å². The average Bonchev–Trinajstić information content (AvgIpc) is 3.17. The van der Waals surface area contributed by atoms with E-state index >= 15 is 0 Å². The third-order valence-corrected chi connectivity index (χ3v) is 5.07. The Bertz CT molecular complexity index is 636. The molecular formula is C14H17BrN4S. The van der Waals surface area contributed by atoms with Gasteiger partial charge in [0.25, 0.3) is 0 Å². The maximum atomic E-state index is 6.04. The van der Waals surface area contributed by atoms with Crippen LogP contribution in [0.25, 0.3) is 0 Å². The van der Waals surface area contributed by atoms with Crippen LogP contribution in [-0.4, -0.2) is 17.0 Å². The van der Waals surface area contributed by atoms with Gasteiger partial charge in [0.2, 0.25) is 0 Å². The monoisotopic (exact) mass is 352 g/mol. The van der Waals surface area contributed by atoms with E-state index in [0.29, 0.717) is 11.7 Å². The number of nitrogens with two attached hydrogens (primary N) is 1. The van der Waals surface area contributed by atoms with Gasteiger partial charge in [-0.05, 0) is 52.7 Å². The summed E-state index contributed by atoms with van der Waals surface area (Å²) < 4.78 is 1.15. The third kappa shape index (κ3) is 2.81. The Labute approximate surface area is 131 Å². The van der Waals surface area contributed by atoms with Crippen molar-refractivity contribution >= 4 is 38.9 Å². The fourth-order valence-electron chi connectivity index (χ4n) is 2.21. The molecule has 1 saturated carbocycles. The molecule has 0 amide bonds. The molecular weight excluding hydrogens is 336 g/mol. The quantitative estimate of drug-likeness (QED) is 0.911.